The molecule has 10 heteroatoms. The molecule has 86 heavy (non-hydrogen) atoms. The van der Waals surface area contributed by atoms with E-state index >= 15 is 0 Å². The molecule has 8 nitrogen and oxygen atoms in total. The summed E-state index contributed by atoms with van der Waals surface area (Å²) in [5.74, 6) is 0.0471. The van der Waals surface area contributed by atoms with Crippen LogP contribution in [0.5, 0.6) is 23.0 Å². The normalized spacial score (nSPS) is 12.5. The molecule has 0 unspecified atom stereocenters. The molecule has 12 aromatic carbocycles. The van der Waals surface area contributed by atoms with Crippen LogP contribution in [-0.2, 0) is 33.0 Å². The molecule has 0 spiro atoms. The summed E-state index contributed by atoms with van der Waals surface area (Å²) < 4.78 is 0. The Bertz CT molecular complexity index is 3670. The molecule has 0 fully saturated rings. The van der Waals surface area contributed by atoms with Gasteiger partial charge in [-0.15, -0.1) is 0 Å². The van der Waals surface area contributed by atoms with Gasteiger partial charge in [-0.25, -0.2) is 0 Å². The number of hydrogen-bond donors (Lipinski definition) is 0. The van der Waals surface area contributed by atoms with E-state index < -0.39 is 0 Å². The van der Waals surface area contributed by atoms with Gasteiger partial charge in [-0.1, -0.05) is 290 Å². The summed E-state index contributed by atoms with van der Waals surface area (Å²) in [6.07, 6.45) is 6.84. The average Bonchev–Trinajstić information content (AvgIpc) is 3.27. The van der Waals surface area contributed by atoms with Crippen LogP contribution in [0.3, 0.4) is 0 Å². The van der Waals surface area contributed by atoms with Crippen molar-refractivity contribution in [3.63, 3.8) is 0 Å². The predicted molar refractivity (Wildman–Crippen MR) is 343 cm³/mol. The van der Waals surface area contributed by atoms with Crippen molar-refractivity contribution in [1.29, 1.82) is 0 Å². The number of rotatable bonds is 12. The van der Waals surface area contributed by atoms with Gasteiger partial charge >= 0.3 is 33.0 Å². The van der Waals surface area contributed by atoms with E-state index in [2.05, 4.69) is 20.0 Å². The second kappa shape index (κ2) is 32.0. The molecule has 0 amide bonds. The van der Waals surface area contributed by atoms with Crippen molar-refractivity contribution in [3.8, 4) is 23.0 Å². The van der Waals surface area contributed by atoms with Crippen molar-refractivity contribution < 1.29 is 53.4 Å². The van der Waals surface area contributed by atoms with E-state index in [0.717, 1.165) is 65.3 Å². The molecule has 0 radical (unpaired) electrons. The van der Waals surface area contributed by atoms with Crippen LogP contribution >= 0.6 is 0 Å². The van der Waals surface area contributed by atoms with Crippen molar-refractivity contribution in [2.75, 3.05) is 0 Å². The molecule has 12 aromatic rings. The van der Waals surface area contributed by atoms with E-state index in [1.807, 2.05) is 270 Å². The Hall–Kier alpha value is -9.45. The molecule has 0 saturated heterocycles. The number of fused-ring (bicyclic) bond motifs is 4. The van der Waals surface area contributed by atoms with Gasteiger partial charge in [-0.05, 0) is 115 Å². The van der Waals surface area contributed by atoms with Crippen LogP contribution in [0, 0.1) is 0 Å². The molecule has 0 N–H and O–H groups in total. The van der Waals surface area contributed by atoms with Gasteiger partial charge in [0.1, 0.15) is 0 Å². The van der Waals surface area contributed by atoms with Crippen LogP contribution in [0.4, 0.5) is 0 Å². The quantitative estimate of drug-likeness (QED) is 0.0887. The summed E-state index contributed by atoms with van der Waals surface area (Å²) in [6.45, 7) is 8.12. The van der Waals surface area contributed by atoms with Crippen LogP contribution in [0.2, 0.25) is 0 Å². The van der Waals surface area contributed by atoms with Gasteiger partial charge in [0, 0.05) is 24.9 Å². The zero-order chi connectivity index (χ0) is 58.6. The summed E-state index contributed by atoms with van der Waals surface area (Å²) in [5.41, 5.74) is 7.21. The summed E-state index contributed by atoms with van der Waals surface area (Å²) >= 11 is 0. The Morgan fingerprint density at radius 1 is 0.233 bits per heavy atom. The fourth-order valence-electron chi connectivity index (χ4n) is 9.65. The average molecular weight is 1210 g/mol. The van der Waals surface area contributed by atoms with Gasteiger partial charge in [-0.2, -0.15) is 0 Å². The molecule has 0 aliphatic heterocycles. The maximum absolute atomic E-state index is 12.1. The van der Waals surface area contributed by atoms with Crippen molar-refractivity contribution >= 4 is 67.9 Å². The van der Waals surface area contributed by atoms with E-state index in [1.165, 1.54) is 0 Å². The van der Waals surface area contributed by atoms with Gasteiger partial charge in [0.25, 0.3) is 0 Å². The molecule has 0 aliphatic carbocycles. The molecule has 0 bridgehead atoms. The molecule has 432 valence electrons. The Kier molecular flexibility index (Phi) is 23.9. The fraction of sp³-hybridized carbons (Fsp3) is 0.105. The third-order valence-electron chi connectivity index (χ3n) is 14.6. The number of aliphatic imine (C=N–C) groups is 4. The van der Waals surface area contributed by atoms with E-state index in [4.69, 9.17) is 0 Å². The molecule has 12 rings (SSSR count). The Morgan fingerprint density at radius 3 is 0.605 bits per heavy atom. The standard InChI is InChI=1S/4C19H17NO.2Ni/c4*1-14(15-7-3-2-4-8-15)20-13-18-17-10-6-5-9-16(17)11-12-19(18)21;;/h4*2-14,21H,1H3;;/q;;;;2*+2/p-4/t4*14-;;/m1111../s1. The van der Waals surface area contributed by atoms with Crippen LogP contribution < -0.4 is 20.4 Å². The van der Waals surface area contributed by atoms with Gasteiger partial charge in [0.15, 0.2) is 0 Å². The second-order valence-corrected chi connectivity index (χ2v) is 20.3. The molecular formula is C76H64N4Ni2O4. The minimum absolute atomic E-state index is 0. The van der Waals surface area contributed by atoms with Gasteiger partial charge in [-0.3, -0.25) is 20.0 Å². The van der Waals surface area contributed by atoms with Gasteiger partial charge in [0.05, 0.1) is 24.2 Å². The van der Waals surface area contributed by atoms with Crippen LogP contribution in [-0.4, -0.2) is 24.9 Å². The third-order valence-corrected chi connectivity index (χ3v) is 14.6. The van der Waals surface area contributed by atoms with Crippen LogP contribution in [0.25, 0.3) is 43.1 Å². The van der Waals surface area contributed by atoms with Crippen molar-refractivity contribution in [1.82, 2.24) is 0 Å². The van der Waals surface area contributed by atoms with Crippen molar-refractivity contribution in [2.24, 2.45) is 20.0 Å². The van der Waals surface area contributed by atoms with Crippen molar-refractivity contribution in [2.45, 2.75) is 51.9 Å². The Morgan fingerprint density at radius 2 is 0.407 bits per heavy atom. The van der Waals surface area contributed by atoms with E-state index in [-0.39, 0.29) is 80.1 Å². The maximum Gasteiger partial charge on any atom is 2.00 e. The van der Waals surface area contributed by atoms with Crippen molar-refractivity contribution in [3.05, 3.63) is 311 Å². The number of benzene rings is 12. The van der Waals surface area contributed by atoms with E-state index in [9.17, 15) is 20.4 Å². The summed E-state index contributed by atoms with van der Waals surface area (Å²) in [6, 6.07) is 85.8. The first kappa shape index (κ1) is 64.1. The Labute approximate surface area is 524 Å². The van der Waals surface area contributed by atoms with E-state index in [0.29, 0.717) is 22.3 Å². The fourth-order valence-corrected chi connectivity index (χ4v) is 9.65. The zero-order valence-corrected chi connectivity index (χ0v) is 50.1. The topological polar surface area (TPSA) is 142 Å². The predicted octanol–water partition coefficient (Wildman–Crippen LogP) is 16.4. The zero-order valence-electron chi connectivity index (χ0n) is 48.1. The number of hydrogen-bond acceptors (Lipinski definition) is 8. The molecule has 0 aliphatic rings. The SMILES string of the molecule is C[C@@H](N=Cc1c([O-])ccc2ccccc12)c1ccccc1.C[C@@H](N=Cc1c([O-])ccc2ccccc12)c1ccccc1.C[C@@H](N=Cc1c([O-])ccc2ccccc12)c1ccccc1.C[C@@H](N=Cc1c([O-])ccc2ccccc12)c1ccccc1.[Ni+2].[Ni+2]. The maximum atomic E-state index is 12.1. The first-order chi connectivity index (χ1) is 41.0. The third kappa shape index (κ3) is 16.9. The van der Waals surface area contributed by atoms with E-state index in [1.54, 1.807) is 49.1 Å². The largest absolute Gasteiger partial charge is 2.00 e. The first-order valence-electron chi connectivity index (χ1n) is 28.1. The monoisotopic (exact) mass is 1210 g/mol. The summed E-state index contributed by atoms with van der Waals surface area (Å²) in [4.78, 5) is 18.2. The van der Waals surface area contributed by atoms with Gasteiger partial charge < -0.3 is 20.4 Å². The van der Waals surface area contributed by atoms with Gasteiger partial charge in [0.2, 0.25) is 0 Å². The molecule has 0 saturated carbocycles. The number of nitrogens with zero attached hydrogens (tertiary/aromatic N) is 4. The van der Waals surface area contributed by atoms with Crippen LogP contribution in [0.1, 0.15) is 96.4 Å². The minimum atomic E-state index is 0. The molecular weight excluding hydrogens is 1150 g/mol. The minimum Gasteiger partial charge on any atom is -0.872 e. The smallest absolute Gasteiger partial charge is 0.872 e. The molecule has 4 atom stereocenters. The second-order valence-electron chi connectivity index (χ2n) is 20.3. The molecule has 0 heterocycles. The summed E-state index contributed by atoms with van der Waals surface area (Å²) in [5, 5.41) is 56.4. The summed E-state index contributed by atoms with van der Waals surface area (Å²) in [7, 11) is 0. The Balaban J connectivity index is 0.000000163. The molecule has 0 aromatic heterocycles. The first-order valence-corrected chi connectivity index (χ1v) is 28.1. The van der Waals surface area contributed by atoms with Crippen LogP contribution in [0.15, 0.2) is 287 Å².